The number of hydrogen-bond acceptors (Lipinski definition) is 4. The lowest BCUT2D eigenvalue weighted by Gasteiger charge is -2.32. The molecule has 1 aliphatic rings. The van der Waals surface area contributed by atoms with Gasteiger partial charge in [-0.15, -0.1) is 0 Å². The number of hydrogen-bond donors (Lipinski definition) is 1. The lowest BCUT2D eigenvalue weighted by Crippen LogP contribution is -2.57. The van der Waals surface area contributed by atoms with Gasteiger partial charge in [-0.3, -0.25) is 4.79 Å². The molecule has 0 saturated carbocycles. The Balaban J connectivity index is 2.12. The first-order valence-electron chi connectivity index (χ1n) is 8.66. The van der Waals surface area contributed by atoms with E-state index in [9.17, 15) is 23.1 Å². The number of halogens is 4. The largest absolute Gasteiger partial charge is 0.484 e. The molecule has 1 aromatic rings. The fraction of sp³-hybridized carbons (Fsp3) is 0.556. The van der Waals surface area contributed by atoms with Crippen molar-refractivity contribution in [2.24, 2.45) is 5.10 Å². The van der Waals surface area contributed by atoms with Gasteiger partial charge in [-0.05, 0) is 43.5 Å². The fourth-order valence-electron chi connectivity index (χ4n) is 2.73. The molecule has 2 rings (SSSR count). The summed E-state index contributed by atoms with van der Waals surface area (Å²) in [4.78, 5) is 12.3. The highest BCUT2D eigenvalue weighted by Crippen LogP contribution is 2.41. The average Bonchev–Trinajstić information content (AvgIpc) is 2.94. The number of aryl methyl sites for hydroxylation is 1. The van der Waals surface area contributed by atoms with E-state index >= 15 is 0 Å². The Bertz CT molecular complexity index is 724. The summed E-state index contributed by atoms with van der Waals surface area (Å²) >= 11 is 5.90. The quantitative estimate of drug-likeness (QED) is 0.680. The minimum Gasteiger partial charge on any atom is -0.484 e. The number of benzene rings is 1. The molecule has 0 bridgehead atoms. The van der Waals surface area contributed by atoms with Gasteiger partial charge in [0.1, 0.15) is 5.75 Å². The zero-order chi connectivity index (χ0) is 20.2. The number of rotatable bonds is 7. The molecule has 0 radical (unpaired) electrons. The molecule has 1 N–H and O–H groups in total. The van der Waals surface area contributed by atoms with Gasteiger partial charge in [-0.25, -0.2) is 0 Å². The number of ether oxygens (including phenoxy) is 1. The Morgan fingerprint density at radius 2 is 2.11 bits per heavy atom. The number of hydrazone groups is 1. The Morgan fingerprint density at radius 1 is 1.41 bits per heavy atom. The monoisotopic (exact) mass is 406 g/mol. The van der Waals surface area contributed by atoms with Crippen molar-refractivity contribution in [2.45, 2.75) is 57.9 Å². The van der Waals surface area contributed by atoms with Gasteiger partial charge in [0.05, 0.1) is 0 Å². The lowest BCUT2D eigenvalue weighted by atomic mass is 10.0. The van der Waals surface area contributed by atoms with Crippen LogP contribution in [0.25, 0.3) is 0 Å². The topological polar surface area (TPSA) is 62.1 Å². The summed E-state index contributed by atoms with van der Waals surface area (Å²) in [5.41, 5.74) is -2.49. The maximum Gasteiger partial charge on any atom is 0.438 e. The van der Waals surface area contributed by atoms with Crippen molar-refractivity contribution in [3.05, 3.63) is 28.8 Å². The second-order valence-electron chi connectivity index (χ2n) is 6.52. The van der Waals surface area contributed by atoms with Gasteiger partial charge in [-0.1, -0.05) is 31.4 Å². The second kappa shape index (κ2) is 8.48. The van der Waals surface area contributed by atoms with E-state index in [-0.39, 0.29) is 16.5 Å². The molecule has 150 valence electrons. The zero-order valence-corrected chi connectivity index (χ0v) is 15.9. The summed E-state index contributed by atoms with van der Waals surface area (Å²) in [6, 6.07) is 4.62. The molecule has 0 aromatic heterocycles. The Morgan fingerprint density at radius 3 is 2.70 bits per heavy atom. The number of amides is 1. The minimum atomic E-state index is -5.03. The smallest absolute Gasteiger partial charge is 0.438 e. The number of alkyl halides is 3. The summed E-state index contributed by atoms with van der Waals surface area (Å²) in [6.07, 6.45) is -3.11. The minimum absolute atomic E-state index is 0.108. The SMILES string of the molecule is CCCCCC1=NN(C(=O)COc2ccc(Cl)c(C)c2)[C@@](O)(C(F)(F)F)C1. The Kier molecular flexibility index (Phi) is 6.75. The molecule has 1 aromatic carbocycles. The third-order valence-corrected chi connectivity index (χ3v) is 4.72. The number of carbonyl (C=O) groups excluding carboxylic acids is 1. The molecular weight excluding hydrogens is 385 g/mol. The van der Waals surface area contributed by atoms with Gasteiger partial charge in [0.15, 0.2) is 6.61 Å². The van der Waals surface area contributed by atoms with Crippen molar-refractivity contribution < 1.29 is 27.8 Å². The summed E-state index contributed by atoms with van der Waals surface area (Å²) in [5, 5.41) is 14.5. The van der Waals surface area contributed by atoms with Crippen molar-refractivity contribution in [1.29, 1.82) is 0 Å². The molecule has 0 saturated heterocycles. The van der Waals surface area contributed by atoms with Crippen molar-refractivity contribution in [3.8, 4) is 5.75 Å². The first-order chi connectivity index (χ1) is 12.6. The van der Waals surface area contributed by atoms with Crippen LogP contribution in [0.4, 0.5) is 13.2 Å². The van der Waals surface area contributed by atoms with E-state index in [2.05, 4.69) is 5.10 Å². The first-order valence-corrected chi connectivity index (χ1v) is 9.03. The van der Waals surface area contributed by atoms with Gasteiger partial charge in [0.2, 0.25) is 0 Å². The van der Waals surface area contributed by atoms with E-state index in [0.29, 0.717) is 23.4 Å². The fourth-order valence-corrected chi connectivity index (χ4v) is 2.85. The molecule has 1 aliphatic heterocycles. The second-order valence-corrected chi connectivity index (χ2v) is 6.93. The summed E-state index contributed by atoms with van der Waals surface area (Å²) < 4.78 is 45.5. The van der Waals surface area contributed by atoms with Crippen LogP contribution in [-0.2, 0) is 4.79 Å². The van der Waals surface area contributed by atoms with Crippen LogP contribution in [0.5, 0.6) is 5.75 Å². The van der Waals surface area contributed by atoms with Crippen molar-refractivity contribution in [2.75, 3.05) is 6.61 Å². The molecule has 1 atom stereocenters. The van der Waals surface area contributed by atoms with Crippen LogP contribution in [-0.4, -0.2) is 40.2 Å². The first kappa shape index (κ1) is 21.5. The Hall–Kier alpha value is -1.80. The molecule has 0 spiro atoms. The van der Waals surface area contributed by atoms with E-state index in [4.69, 9.17) is 16.3 Å². The molecule has 9 heteroatoms. The predicted molar refractivity (Wildman–Crippen MR) is 95.7 cm³/mol. The maximum atomic E-state index is 13.4. The molecule has 1 amide bonds. The van der Waals surface area contributed by atoms with Crippen LogP contribution in [0, 0.1) is 6.92 Å². The van der Waals surface area contributed by atoms with E-state index < -0.39 is 30.8 Å². The van der Waals surface area contributed by atoms with E-state index in [0.717, 1.165) is 12.8 Å². The van der Waals surface area contributed by atoms with Gasteiger partial charge in [0, 0.05) is 17.2 Å². The standard InChI is InChI=1S/C18H22ClF3N2O3/c1-3-4-5-6-13-10-17(26,18(20,21)22)24(23-13)16(25)11-27-14-7-8-15(19)12(2)9-14/h7-9,26H,3-6,10-11H2,1-2H3/t17-/m0/s1. The molecule has 0 fully saturated rings. The van der Waals surface area contributed by atoms with Crippen LogP contribution >= 0.6 is 11.6 Å². The highest BCUT2D eigenvalue weighted by atomic mass is 35.5. The summed E-state index contributed by atoms with van der Waals surface area (Å²) in [5.74, 6) is -0.792. The van der Waals surface area contributed by atoms with Gasteiger partial charge < -0.3 is 9.84 Å². The predicted octanol–water partition coefficient (Wildman–Crippen LogP) is 4.45. The number of nitrogens with zero attached hydrogens (tertiary/aromatic N) is 2. The van der Waals surface area contributed by atoms with Crippen LogP contribution < -0.4 is 4.74 Å². The molecule has 0 unspecified atom stereocenters. The highest BCUT2D eigenvalue weighted by Gasteiger charge is 2.63. The summed E-state index contributed by atoms with van der Waals surface area (Å²) in [6.45, 7) is 3.01. The van der Waals surface area contributed by atoms with Crippen molar-refractivity contribution in [1.82, 2.24) is 5.01 Å². The Labute approximate surface area is 160 Å². The number of unbranched alkanes of at least 4 members (excludes halogenated alkanes) is 2. The molecule has 1 heterocycles. The van der Waals surface area contributed by atoms with E-state index in [1.165, 1.54) is 6.07 Å². The van der Waals surface area contributed by atoms with Gasteiger partial charge >= 0.3 is 6.18 Å². The van der Waals surface area contributed by atoms with Crippen molar-refractivity contribution in [3.63, 3.8) is 0 Å². The number of carbonyl (C=O) groups is 1. The van der Waals surface area contributed by atoms with Gasteiger partial charge in [0.25, 0.3) is 11.6 Å². The third-order valence-electron chi connectivity index (χ3n) is 4.29. The highest BCUT2D eigenvalue weighted by molar-refractivity contribution is 6.31. The maximum absolute atomic E-state index is 13.4. The third kappa shape index (κ3) is 4.93. The number of aliphatic hydroxyl groups is 1. The van der Waals surface area contributed by atoms with E-state index in [1.807, 2.05) is 6.92 Å². The van der Waals surface area contributed by atoms with Crippen LogP contribution in [0.1, 0.15) is 44.6 Å². The zero-order valence-electron chi connectivity index (χ0n) is 15.1. The van der Waals surface area contributed by atoms with E-state index in [1.54, 1.807) is 19.1 Å². The van der Waals surface area contributed by atoms with Crippen LogP contribution in [0.3, 0.4) is 0 Å². The average molecular weight is 407 g/mol. The summed E-state index contributed by atoms with van der Waals surface area (Å²) in [7, 11) is 0. The molecular formula is C18H22ClF3N2O3. The normalized spacial score (nSPS) is 20.0. The van der Waals surface area contributed by atoms with Gasteiger partial charge in [-0.2, -0.15) is 23.3 Å². The van der Waals surface area contributed by atoms with Crippen LogP contribution in [0.2, 0.25) is 5.02 Å². The van der Waals surface area contributed by atoms with Crippen molar-refractivity contribution >= 4 is 23.2 Å². The van der Waals surface area contributed by atoms with Crippen LogP contribution in [0.15, 0.2) is 23.3 Å². The molecule has 0 aliphatic carbocycles. The molecule has 27 heavy (non-hydrogen) atoms. The molecule has 5 nitrogen and oxygen atoms in total. The lowest BCUT2D eigenvalue weighted by molar-refractivity contribution is -0.302.